The molecule has 0 heterocycles. The van der Waals surface area contributed by atoms with Crippen LogP contribution in [-0.4, -0.2) is 19.3 Å². The van der Waals surface area contributed by atoms with Gasteiger partial charge in [0.15, 0.2) is 0 Å². The third-order valence-electron chi connectivity index (χ3n) is 2.86. The first-order valence-electron chi connectivity index (χ1n) is 6.21. The third-order valence-corrected chi connectivity index (χ3v) is 2.86. The van der Waals surface area contributed by atoms with Crippen LogP contribution in [-0.2, 0) is 11.2 Å². The number of ether oxygens (including phenoxy) is 1. The second-order valence-corrected chi connectivity index (χ2v) is 4.37. The predicted octanol–water partition coefficient (Wildman–Crippen LogP) is 2.82. The number of nitrogens with two attached hydrogens (primary N) is 1. The van der Waals surface area contributed by atoms with Crippen LogP contribution in [0.15, 0.2) is 18.2 Å². The van der Waals surface area contributed by atoms with Crippen molar-refractivity contribution in [1.29, 1.82) is 0 Å². The Balaban J connectivity index is 2.39. The van der Waals surface area contributed by atoms with E-state index in [0.717, 1.165) is 43.6 Å². The molecule has 1 unspecified atom stereocenters. The summed E-state index contributed by atoms with van der Waals surface area (Å²) in [5, 5.41) is 0. The van der Waals surface area contributed by atoms with Crippen molar-refractivity contribution >= 4 is 0 Å². The van der Waals surface area contributed by atoms with E-state index in [-0.39, 0.29) is 11.9 Å². The summed E-state index contributed by atoms with van der Waals surface area (Å²) < 4.78 is 18.4. The third kappa shape index (κ3) is 5.29. The topological polar surface area (TPSA) is 35.2 Å². The van der Waals surface area contributed by atoms with Crippen molar-refractivity contribution in [3.63, 3.8) is 0 Å². The highest BCUT2D eigenvalue weighted by atomic mass is 19.1. The van der Waals surface area contributed by atoms with Crippen molar-refractivity contribution < 1.29 is 9.13 Å². The average molecular weight is 239 g/mol. The van der Waals surface area contributed by atoms with Crippen molar-refractivity contribution in [2.24, 2.45) is 5.73 Å². The molecular weight excluding hydrogens is 217 g/mol. The summed E-state index contributed by atoms with van der Waals surface area (Å²) in [6, 6.07) is 4.95. The Bertz CT molecular complexity index is 341. The van der Waals surface area contributed by atoms with Crippen LogP contribution >= 0.6 is 0 Å². The van der Waals surface area contributed by atoms with Gasteiger partial charge in [0.2, 0.25) is 0 Å². The minimum Gasteiger partial charge on any atom is -0.382 e. The Morgan fingerprint density at radius 3 is 2.88 bits per heavy atom. The summed E-state index contributed by atoms with van der Waals surface area (Å²) in [6.45, 7) is 5.47. The van der Waals surface area contributed by atoms with E-state index in [1.807, 2.05) is 13.8 Å². The van der Waals surface area contributed by atoms with E-state index in [9.17, 15) is 4.39 Å². The van der Waals surface area contributed by atoms with Gasteiger partial charge >= 0.3 is 0 Å². The van der Waals surface area contributed by atoms with Crippen molar-refractivity contribution in [1.82, 2.24) is 0 Å². The van der Waals surface area contributed by atoms with Crippen LogP contribution in [0, 0.1) is 12.7 Å². The molecular formula is C14H22FNO. The summed E-state index contributed by atoms with van der Waals surface area (Å²) in [6.07, 6.45) is 2.61. The molecule has 0 saturated heterocycles. The van der Waals surface area contributed by atoms with Crippen LogP contribution < -0.4 is 5.73 Å². The van der Waals surface area contributed by atoms with Gasteiger partial charge in [0.05, 0.1) is 0 Å². The van der Waals surface area contributed by atoms with Gasteiger partial charge in [-0.25, -0.2) is 4.39 Å². The molecule has 0 radical (unpaired) electrons. The highest BCUT2D eigenvalue weighted by Gasteiger charge is 2.07. The van der Waals surface area contributed by atoms with Crippen molar-refractivity contribution in [2.75, 3.05) is 13.2 Å². The minimum absolute atomic E-state index is 0.0796. The van der Waals surface area contributed by atoms with Crippen molar-refractivity contribution in [3.8, 4) is 0 Å². The lowest BCUT2D eigenvalue weighted by molar-refractivity contribution is 0.142. The van der Waals surface area contributed by atoms with Crippen molar-refractivity contribution in [2.45, 2.75) is 39.2 Å². The van der Waals surface area contributed by atoms with E-state index in [1.165, 1.54) is 6.07 Å². The Morgan fingerprint density at radius 2 is 2.18 bits per heavy atom. The molecule has 0 amide bonds. The Kier molecular flexibility index (Phi) is 6.16. The SMILES string of the molecule is CCOCCCC(N)Cc1cc(F)ccc1C. The zero-order valence-corrected chi connectivity index (χ0v) is 10.7. The van der Waals surface area contributed by atoms with Crippen LogP contribution in [0.1, 0.15) is 30.9 Å². The predicted molar refractivity (Wildman–Crippen MR) is 68.5 cm³/mol. The molecule has 1 rings (SSSR count). The molecule has 2 N–H and O–H groups in total. The Morgan fingerprint density at radius 1 is 1.41 bits per heavy atom. The maximum Gasteiger partial charge on any atom is 0.123 e. The summed E-state index contributed by atoms with van der Waals surface area (Å²) in [4.78, 5) is 0. The van der Waals surface area contributed by atoms with E-state index in [1.54, 1.807) is 12.1 Å². The van der Waals surface area contributed by atoms with Gasteiger partial charge in [0.1, 0.15) is 5.82 Å². The maximum atomic E-state index is 13.1. The number of aryl methyl sites for hydroxylation is 1. The number of hydrogen-bond acceptors (Lipinski definition) is 2. The minimum atomic E-state index is -0.188. The number of benzene rings is 1. The monoisotopic (exact) mass is 239 g/mol. The second-order valence-electron chi connectivity index (χ2n) is 4.37. The zero-order valence-electron chi connectivity index (χ0n) is 10.7. The zero-order chi connectivity index (χ0) is 12.7. The molecule has 17 heavy (non-hydrogen) atoms. The highest BCUT2D eigenvalue weighted by molar-refractivity contribution is 5.27. The molecule has 0 saturated carbocycles. The molecule has 1 atom stereocenters. The van der Waals surface area contributed by atoms with Gasteiger partial charge < -0.3 is 10.5 Å². The van der Waals surface area contributed by atoms with E-state index >= 15 is 0 Å². The van der Waals surface area contributed by atoms with E-state index < -0.39 is 0 Å². The van der Waals surface area contributed by atoms with Crippen LogP contribution in [0.5, 0.6) is 0 Å². The molecule has 2 nitrogen and oxygen atoms in total. The summed E-state index contributed by atoms with van der Waals surface area (Å²) >= 11 is 0. The van der Waals surface area contributed by atoms with Gasteiger partial charge in [-0.1, -0.05) is 6.07 Å². The van der Waals surface area contributed by atoms with Gasteiger partial charge in [-0.2, -0.15) is 0 Å². The van der Waals surface area contributed by atoms with Crippen molar-refractivity contribution in [3.05, 3.63) is 35.1 Å². The molecule has 3 heteroatoms. The maximum absolute atomic E-state index is 13.1. The van der Waals surface area contributed by atoms with E-state index in [0.29, 0.717) is 0 Å². The van der Waals surface area contributed by atoms with Gasteiger partial charge in [-0.3, -0.25) is 0 Å². The molecule has 0 bridgehead atoms. The standard InChI is InChI=1S/C14H22FNO/c1-3-17-8-4-5-14(16)10-12-9-13(15)7-6-11(12)2/h6-7,9,14H,3-5,8,10,16H2,1-2H3. The number of halogens is 1. The Hall–Kier alpha value is -0.930. The second kappa shape index (κ2) is 7.41. The smallest absolute Gasteiger partial charge is 0.123 e. The van der Waals surface area contributed by atoms with Crippen LogP contribution in [0.4, 0.5) is 4.39 Å². The lowest BCUT2D eigenvalue weighted by Crippen LogP contribution is -2.23. The average Bonchev–Trinajstić information content (AvgIpc) is 2.29. The number of rotatable bonds is 7. The first kappa shape index (κ1) is 14.1. The fourth-order valence-electron chi connectivity index (χ4n) is 1.84. The molecule has 0 aliphatic rings. The quantitative estimate of drug-likeness (QED) is 0.743. The van der Waals surface area contributed by atoms with Crippen LogP contribution in [0.3, 0.4) is 0 Å². The highest BCUT2D eigenvalue weighted by Crippen LogP contribution is 2.13. The first-order valence-corrected chi connectivity index (χ1v) is 6.21. The summed E-state index contributed by atoms with van der Waals surface area (Å²) in [7, 11) is 0. The van der Waals surface area contributed by atoms with Crippen LogP contribution in [0.25, 0.3) is 0 Å². The lowest BCUT2D eigenvalue weighted by atomic mass is 9.99. The normalized spacial score (nSPS) is 12.7. The fraction of sp³-hybridized carbons (Fsp3) is 0.571. The Labute approximate surface area is 103 Å². The largest absolute Gasteiger partial charge is 0.382 e. The number of hydrogen-bond donors (Lipinski definition) is 1. The van der Waals surface area contributed by atoms with E-state index in [2.05, 4.69) is 0 Å². The lowest BCUT2D eigenvalue weighted by Gasteiger charge is -2.13. The molecule has 1 aromatic carbocycles. The molecule has 0 aliphatic heterocycles. The summed E-state index contributed by atoms with van der Waals surface area (Å²) in [5.74, 6) is -0.188. The van der Waals surface area contributed by atoms with Gasteiger partial charge in [0.25, 0.3) is 0 Å². The fourth-order valence-corrected chi connectivity index (χ4v) is 1.84. The molecule has 0 spiro atoms. The van der Waals surface area contributed by atoms with Gasteiger partial charge in [0, 0.05) is 19.3 Å². The van der Waals surface area contributed by atoms with Crippen LogP contribution in [0.2, 0.25) is 0 Å². The van der Waals surface area contributed by atoms with Gasteiger partial charge in [-0.15, -0.1) is 0 Å². The first-order chi connectivity index (χ1) is 8.13. The van der Waals surface area contributed by atoms with Gasteiger partial charge in [-0.05, 0) is 56.4 Å². The summed E-state index contributed by atoms with van der Waals surface area (Å²) in [5.41, 5.74) is 8.14. The molecule has 96 valence electrons. The molecule has 1 aromatic rings. The molecule has 0 aromatic heterocycles. The van der Waals surface area contributed by atoms with E-state index in [4.69, 9.17) is 10.5 Å². The molecule has 0 aliphatic carbocycles. The molecule has 0 fully saturated rings.